The molecule has 2 heterocycles. The molecule has 1 aliphatic carbocycles. The smallest absolute Gasteiger partial charge is 0.223 e. The van der Waals surface area contributed by atoms with Crippen molar-refractivity contribution >= 4 is 16.9 Å². The third-order valence-electron chi connectivity index (χ3n) is 7.64. The highest BCUT2D eigenvalue weighted by Gasteiger charge is 2.26. The number of likely N-dealkylation sites (tertiary alicyclic amines) is 1. The van der Waals surface area contributed by atoms with E-state index in [1.165, 1.54) is 62.7 Å². The zero-order chi connectivity index (χ0) is 20.9. The molecular weight excluding hydrogens is 372 g/mol. The van der Waals surface area contributed by atoms with Gasteiger partial charge in [0.25, 0.3) is 0 Å². The number of hydrogen-bond acceptors (Lipinski definition) is 3. The molecule has 4 nitrogen and oxygen atoms in total. The summed E-state index contributed by atoms with van der Waals surface area (Å²) in [5.41, 5.74) is 2.42. The Morgan fingerprint density at radius 2 is 1.87 bits per heavy atom. The highest BCUT2D eigenvalue weighted by molar-refractivity contribution is 5.81. The second-order valence-electron chi connectivity index (χ2n) is 9.63. The molecule has 1 aromatic heterocycles. The summed E-state index contributed by atoms with van der Waals surface area (Å²) in [6, 6.07) is 8.83. The van der Waals surface area contributed by atoms with Crippen LogP contribution in [0.25, 0.3) is 11.0 Å². The SMILES string of the molecule is CCC(C)C(=O)N[C@H]1CC[C@H](CCN2CCC(c3coc4ccccc34)CC2)CC1. The Morgan fingerprint density at radius 3 is 2.60 bits per heavy atom. The minimum atomic E-state index is 0.144. The summed E-state index contributed by atoms with van der Waals surface area (Å²) in [6.07, 6.45) is 11.5. The maximum Gasteiger partial charge on any atom is 0.223 e. The van der Waals surface area contributed by atoms with Crippen molar-refractivity contribution < 1.29 is 9.21 Å². The quantitative estimate of drug-likeness (QED) is 0.634. The van der Waals surface area contributed by atoms with Gasteiger partial charge in [0.2, 0.25) is 5.91 Å². The van der Waals surface area contributed by atoms with Crippen molar-refractivity contribution in [2.45, 2.75) is 77.2 Å². The molecule has 2 aromatic rings. The van der Waals surface area contributed by atoms with E-state index in [2.05, 4.69) is 35.3 Å². The normalized spacial score (nSPS) is 24.7. The van der Waals surface area contributed by atoms with E-state index in [0.29, 0.717) is 12.0 Å². The lowest BCUT2D eigenvalue weighted by Gasteiger charge is -2.34. The van der Waals surface area contributed by atoms with E-state index < -0.39 is 0 Å². The molecular formula is C26H38N2O2. The van der Waals surface area contributed by atoms with Crippen molar-refractivity contribution in [1.82, 2.24) is 10.2 Å². The molecule has 164 valence electrons. The van der Waals surface area contributed by atoms with Crippen molar-refractivity contribution in [3.05, 3.63) is 36.1 Å². The summed E-state index contributed by atoms with van der Waals surface area (Å²) in [4.78, 5) is 14.8. The van der Waals surface area contributed by atoms with Gasteiger partial charge >= 0.3 is 0 Å². The van der Waals surface area contributed by atoms with E-state index >= 15 is 0 Å². The van der Waals surface area contributed by atoms with Crippen molar-refractivity contribution in [2.75, 3.05) is 19.6 Å². The molecule has 1 aromatic carbocycles. The molecule has 0 radical (unpaired) electrons. The molecule has 4 rings (SSSR count). The first-order valence-corrected chi connectivity index (χ1v) is 12.1. The molecule has 0 spiro atoms. The third-order valence-corrected chi connectivity index (χ3v) is 7.64. The number of furan rings is 1. The number of nitrogens with one attached hydrogen (secondary N) is 1. The number of para-hydroxylation sites is 1. The van der Waals surface area contributed by atoms with E-state index in [0.717, 1.165) is 30.8 Å². The average Bonchev–Trinajstić information content (AvgIpc) is 3.22. The van der Waals surface area contributed by atoms with E-state index in [9.17, 15) is 4.79 Å². The first-order chi connectivity index (χ1) is 14.6. The van der Waals surface area contributed by atoms with E-state index in [4.69, 9.17) is 4.42 Å². The van der Waals surface area contributed by atoms with E-state index in [1.807, 2.05) is 19.3 Å². The fourth-order valence-electron chi connectivity index (χ4n) is 5.27. The summed E-state index contributed by atoms with van der Waals surface area (Å²) in [5.74, 6) is 1.85. The van der Waals surface area contributed by atoms with Crippen molar-refractivity contribution in [3.8, 4) is 0 Å². The van der Waals surface area contributed by atoms with Crippen LogP contribution < -0.4 is 5.32 Å². The highest BCUT2D eigenvalue weighted by Crippen LogP contribution is 2.35. The van der Waals surface area contributed by atoms with Gasteiger partial charge in [0.15, 0.2) is 0 Å². The molecule has 1 atom stereocenters. The Labute approximate surface area is 181 Å². The number of carbonyl (C=O) groups is 1. The molecule has 2 fully saturated rings. The first kappa shape index (κ1) is 21.4. The van der Waals surface area contributed by atoms with Crippen LogP contribution in [0.1, 0.15) is 76.7 Å². The predicted molar refractivity (Wildman–Crippen MR) is 123 cm³/mol. The average molecular weight is 411 g/mol. The van der Waals surface area contributed by atoms with Crippen molar-refractivity contribution in [2.24, 2.45) is 11.8 Å². The minimum absolute atomic E-state index is 0.144. The standard InChI is InChI=1S/C26H38N2O2/c1-3-19(2)26(29)27-22-10-8-20(9-11-22)12-15-28-16-13-21(14-17-28)24-18-30-25-7-5-4-6-23(24)25/h4-7,18-22H,3,8-17H2,1-2H3,(H,27,29)/t19?,20-,22-. The number of nitrogens with zero attached hydrogens (tertiary/aromatic N) is 1. The molecule has 30 heavy (non-hydrogen) atoms. The Hall–Kier alpha value is -1.81. The molecule has 0 bridgehead atoms. The van der Waals surface area contributed by atoms with Crippen LogP contribution in [-0.2, 0) is 4.79 Å². The molecule has 1 amide bonds. The Kier molecular flexibility index (Phi) is 7.14. The van der Waals surface area contributed by atoms with Gasteiger partial charge in [0.1, 0.15) is 5.58 Å². The van der Waals surface area contributed by atoms with Crippen LogP contribution in [0.3, 0.4) is 0 Å². The minimum Gasteiger partial charge on any atom is -0.464 e. The Bertz CT molecular complexity index is 813. The van der Waals surface area contributed by atoms with Crippen LogP contribution in [0.5, 0.6) is 0 Å². The number of amides is 1. The van der Waals surface area contributed by atoms with Gasteiger partial charge in [0, 0.05) is 22.9 Å². The van der Waals surface area contributed by atoms with Gasteiger partial charge in [-0.05, 0) is 88.9 Å². The van der Waals surface area contributed by atoms with Crippen LogP contribution in [0.2, 0.25) is 0 Å². The maximum atomic E-state index is 12.1. The molecule has 1 saturated carbocycles. The van der Waals surface area contributed by atoms with Gasteiger partial charge in [0.05, 0.1) is 6.26 Å². The summed E-state index contributed by atoms with van der Waals surface area (Å²) in [5, 5.41) is 4.57. The lowest BCUT2D eigenvalue weighted by molar-refractivity contribution is -0.125. The summed E-state index contributed by atoms with van der Waals surface area (Å²) in [7, 11) is 0. The van der Waals surface area contributed by atoms with Gasteiger partial charge in [-0.2, -0.15) is 0 Å². The fourth-order valence-corrected chi connectivity index (χ4v) is 5.27. The zero-order valence-electron chi connectivity index (χ0n) is 18.7. The van der Waals surface area contributed by atoms with Crippen LogP contribution >= 0.6 is 0 Å². The molecule has 1 saturated heterocycles. The Balaban J connectivity index is 1.17. The largest absolute Gasteiger partial charge is 0.464 e. The summed E-state index contributed by atoms with van der Waals surface area (Å²) >= 11 is 0. The number of rotatable bonds is 7. The number of piperidine rings is 1. The second kappa shape index (κ2) is 10.00. The molecule has 1 aliphatic heterocycles. The maximum absolute atomic E-state index is 12.1. The topological polar surface area (TPSA) is 45.5 Å². The van der Waals surface area contributed by atoms with E-state index in [1.54, 1.807) is 0 Å². The number of carbonyl (C=O) groups excluding carboxylic acids is 1. The lowest BCUT2D eigenvalue weighted by atomic mass is 9.83. The number of benzene rings is 1. The molecule has 1 unspecified atom stereocenters. The van der Waals surface area contributed by atoms with Crippen LogP contribution in [0.4, 0.5) is 0 Å². The van der Waals surface area contributed by atoms with Gasteiger partial charge in [-0.3, -0.25) is 4.79 Å². The van der Waals surface area contributed by atoms with E-state index in [-0.39, 0.29) is 11.8 Å². The first-order valence-electron chi connectivity index (χ1n) is 12.1. The Morgan fingerprint density at radius 1 is 1.13 bits per heavy atom. The third kappa shape index (κ3) is 5.08. The number of hydrogen-bond donors (Lipinski definition) is 1. The summed E-state index contributed by atoms with van der Waals surface area (Å²) < 4.78 is 5.77. The zero-order valence-corrected chi connectivity index (χ0v) is 18.7. The number of fused-ring (bicyclic) bond motifs is 1. The highest BCUT2D eigenvalue weighted by atomic mass is 16.3. The van der Waals surface area contributed by atoms with Gasteiger partial charge < -0.3 is 14.6 Å². The molecule has 4 heteroatoms. The fraction of sp³-hybridized carbons (Fsp3) is 0.654. The predicted octanol–water partition coefficient (Wildman–Crippen LogP) is 5.72. The molecule has 1 N–H and O–H groups in total. The summed E-state index contributed by atoms with van der Waals surface area (Å²) in [6.45, 7) is 7.74. The van der Waals surface area contributed by atoms with Crippen molar-refractivity contribution in [3.63, 3.8) is 0 Å². The lowest BCUT2D eigenvalue weighted by Crippen LogP contribution is -2.40. The monoisotopic (exact) mass is 410 g/mol. The second-order valence-corrected chi connectivity index (χ2v) is 9.63. The van der Waals surface area contributed by atoms with Gasteiger partial charge in [-0.15, -0.1) is 0 Å². The van der Waals surface area contributed by atoms with Crippen LogP contribution in [-0.4, -0.2) is 36.5 Å². The van der Waals surface area contributed by atoms with Gasteiger partial charge in [-0.25, -0.2) is 0 Å². The van der Waals surface area contributed by atoms with Crippen LogP contribution in [0, 0.1) is 11.8 Å². The van der Waals surface area contributed by atoms with Crippen molar-refractivity contribution in [1.29, 1.82) is 0 Å². The molecule has 2 aliphatic rings. The van der Waals surface area contributed by atoms with Gasteiger partial charge in [-0.1, -0.05) is 32.0 Å². The van der Waals surface area contributed by atoms with Crippen LogP contribution in [0.15, 0.2) is 34.9 Å².